The number of hydrogen-bond acceptors (Lipinski definition) is 7. The Hall–Kier alpha value is -3.26. The molecule has 8 heteroatoms. The van der Waals surface area contributed by atoms with Crippen LogP contribution in [0.1, 0.15) is 34.2 Å². The molecule has 0 unspecified atom stereocenters. The van der Waals surface area contributed by atoms with Gasteiger partial charge < -0.3 is 14.1 Å². The van der Waals surface area contributed by atoms with Crippen molar-refractivity contribution in [1.29, 1.82) is 0 Å². The summed E-state index contributed by atoms with van der Waals surface area (Å²) in [6.45, 7) is 2.08. The highest BCUT2D eigenvalue weighted by molar-refractivity contribution is 7.09. The number of oxazole rings is 1. The summed E-state index contributed by atoms with van der Waals surface area (Å²) in [5, 5.41) is 0.988. The Kier molecular flexibility index (Phi) is 5.03. The average molecular weight is 394 g/mol. The SMILES string of the molecule is C[C@@H](c1cncs1)N(C)C(=O)c1coc(COc2ccc3ncccc3c2)n1. The minimum atomic E-state index is -0.215. The molecule has 0 spiro atoms. The van der Waals surface area contributed by atoms with Gasteiger partial charge in [-0.05, 0) is 31.2 Å². The Morgan fingerprint density at radius 3 is 3.07 bits per heavy atom. The van der Waals surface area contributed by atoms with Crippen LogP contribution in [0, 0.1) is 0 Å². The Morgan fingerprint density at radius 1 is 1.36 bits per heavy atom. The Bertz CT molecular complexity index is 1090. The van der Waals surface area contributed by atoms with Crippen LogP contribution in [0.25, 0.3) is 10.9 Å². The maximum atomic E-state index is 12.7. The molecule has 0 radical (unpaired) electrons. The van der Waals surface area contributed by atoms with Gasteiger partial charge in [0.1, 0.15) is 12.0 Å². The Labute approximate surface area is 165 Å². The maximum Gasteiger partial charge on any atom is 0.276 e. The molecule has 3 aromatic heterocycles. The molecule has 0 N–H and O–H groups in total. The highest BCUT2D eigenvalue weighted by atomic mass is 32.1. The molecule has 4 rings (SSSR count). The van der Waals surface area contributed by atoms with Crippen LogP contribution < -0.4 is 4.74 Å². The van der Waals surface area contributed by atoms with Crippen molar-refractivity contribution in [3.63, 3.8) is 0 Å². The third-order valence-electron chi connectivity index (χ3n) is 4.47. The van der Waals surface area contributed by atoms with Crippen LogP contribution in [0.3, 0.4) is 0 Å². The van der Waals surface area contributed by atoms with Crippen molar-refractivity contribution >= 4 is 28.1 Å². The summed E-state index contributed by atoms with van der Waals surface area (Å²) in [5.74, 6) is 0.809. The normalized spacial score (nSPS) is 12.1. The van der Waals surface area contributed by atoms with E-state index in [1.165, 1.54) is 17.6 Å². The lowest BCUT2D eigenvalue weighted by Gasteiger charge is -2.22. The van der Waals surface area contributed by atoms with E-state index in [9.17, 15) is 4.79 Å². The fraction of sp³-hybridized carbons (Fsp3) is 0.200. The van der Waals surface area contributed by atoms with E-state index >= 15 is 0 Å². The van der Waals surface area contributed by atoms with Gasteiger partial charge in [0.15, 0.2) is 12.3 Å². The van der Waals surface area contributed by atoms with Crippen molar-refractivity contribution in [2.24, 2.45) is 0 Å². The second-order valence-corrected chi connectivity index (χ2v) is 7.19. The first-order chi connectivity index (χ1) is 13.6. The number of carbonyl (C=O) groups excluding carboxylic acids is 1. The molecule has 0 aliphatic heterocycles. The van der Waals surface area contributed by atoms with Crippen LogP contribution in [-0.2, 0) is 6.61 Å². The number of amides is 1. The van der Waals surface area contributed by atoms with Crippen LogP contribution in [0.2, 0.25) is 0 Å². The quantitative estimate of drug-likeness (QED) is 0.490. The molecule has 0 bridgehead atoms. The van der Waals surface area contributed by atoms with Gasteiger partial charge in [0.05, 0.1) is 17.1 Å². The summed E-state index contributed by atoms with van der Waals surface area (Å²) in [6, 6.07) is 9.39. The first-order valence-electron chi connectivity index (χ1n) is 8.69. The molecular weight excluding hydrogens is 376 g/mol. The van der Waals surface area contributed by atoms with Gasteiger partial charge in [-0.25, -0.2) is 4.98 Å². The number of rotatable bonds is 6. The van der Waals surface area contributed by atoms with Crippen LogP contribution in [0.5, 0.6) is 5.75 Å². The van der Waals surface area contributed by atoms with Gasteiger partial charge in [-0.1, -0.05) is 6.07 Å². The predicted octanol–water partition coefficient (Wildman–Crippen LogP) is 4.09. The predicted molar refractivity (Wildman–Crippen MR) is 105 cm³/mol. The first kappa shape index (κ1) is 18.1. The largest absolute Gasteiger partial charge is 0.484 e. The number of carbonyl (C=O) groups is 1. The second kappa shape index (κ2) is 7.77. The minimum absolute atomic E-state index is 0.0948. The van der Waals surface area contributed by atoms with E-state index < -0.39 is 0 Å². The molecule has 1 amide bonds. The molecule has 1 aromatic carbocycles. The van der Waals surface area contributed by atoms with E-state index in [1.807, 2.05) is 37.3 Å². The highest BCUT2D eigenvalue weighted by Gasteiger charge is 2.23. The zero-order valence-electron chi connectivity index (χ0n) is 15.4. The van der Waals surface area contributed by atoms with Crippen LogP contribution in [0.4, 0.5) is 0 Å². The maximum absolute atomic E-state index is 12.7. The van der Waals surface area contributed by atoms with Gasteiger partial charge >= 0.3 is 0 Å². The van der Waals surface area contributed by atoms with E-state index in [0.29, 0.717) is 11.6 Å². The van der Waals surface area contributed by atoms with E-state index in [2.05, 4.69) is 15.0 Å². The molecular formula is C20H18N4O3S. The zero-order valence-corrected chi connectivity index (χ0v) is 16.2. The molecule has 7 nitrogen and oxygen atoms in total. The number of ether oxygens (including phenoxy) is 1. The molecule has 4 aromatic rings. The summed E-state index contributed by atoms with van der Waals surface area (Å²) >= 11 is 1.51. The van der Waals surface area contributed by atoms with Gasteiger partial charge in [-0.3, -0.25) is 14.8 Å². The minimum Gasteiger partial charge on any atom is -0.484 e. The smallest absolute Gasteiger partial charge is 0.276 e. The van der Waals surface area contributed by atoms with Gasteiger partial charge in [0.2, 0.25) is 5.89 Å². The van der Waals surface area contributed by atoms with Crippen molar-refractivity contribution in [2.75, 3.05) is 7.05 Å². The summed E-state index contributed by atoms with van der Waals surface area (Å²) < 4.78 is 11.2. The van der Waals surface area contributed by atoms with Crippen molar-refractivity contribution in [3.8, 4) is 5.75 Å². The number of hydrogen-bond donors (Lipinski definition) is 0. The fourth-order valence-electron chi connectivity index (χ4n) is 2.74. The van der Waals surface area contributed by atoms with Crippen LogP contribution in [0.15, 0.2) is 58.9 Å². The van der Waals surface area contributed by atoms with E-state index in [1.54, 1.807) is 29.9 Å². The highest BCUT2D eigenvalue weighted by Crippen LogP contribution is 2.24. The van der Waals surface area contributed by atoms with Crippen LogP contribution >= 0.6 is 11.3 Å². The molecule has 0 saturated heterocycles. The number of benzene rings is 1. The van der Waals surface area contributed by atoms with Gasteiger partial charge in [-0.2, -0.15) is 0 Å². The number of thiazole rings is 1. The van der Waals surface area contributed by atoms with Gasteiger partial charge in [0.25, 0.3) is 5.91 Å². The average Bonchev–Trinajstić information content (AvgIpc) is 3.42. The standard InChI is InChI=1S/C20H18N4O3S/c1-13(18-9-21-12-28-18)24(2)20(25)17-10-27-19(23-17)11-26-15-5-6-16-14(8-15)4-3-7-22-16/h3-10,12-13H,11H2,1-2H3/t13-/m0/s1. The molecule has 3 heterocycles. The summed E-state index contributed by atoms with van der Waals surface area (Å²) in [4.78, 5) is 27.9. The van der Waals surface area contributed by atoms with Gasteiger partial charge in [-0.15, -0.1) is 11.3 Å². The monoisotopic (exact) mass is 394 g/mol. The van der Waals surface area contributed by atoms with Crippen LogP contribution in [-0.4, -0.2) is 32.8 Å². The third kappa shape index (κ3) is 3.72. The molecule has 0 aliphatic carbocycles. The van der Waals surface area contributed by atoms with Crippen molar-refractivity contribution in [1.82, 2.24) is 19.9 Å². The van der Waals surface area contributed by atoms with E-state index in [0.717, 1.165) is 15.8 Å². The topological polar surface area (TPSA) is 81.4 Å². The van der Waals surface area contributed by atoms with Crippen molar-refractivity contribution < 1.29 is 13.9 Å². The number of aromatic nitrogens is 3. The molecule has 0 fully saturated rings. The van der Waals surface area contributed by atoms with Crippen molar-refractivity contribution in [2.45, 2.75) is 19.6 Å². The third-order valence-corrected chi connectivity index (χ3v) is 5.42. The lowest BCUT2D eigenvalue weighted by Crippen LogP contribution is -2.29. The van der Waals surface area contributed by atoms with Crippen molar-refractivity contribution in [3.05, 3.63) is 71.0 Å². The van der Waals surface area contributed by atoms with Gasteiger partial charge in [0, 0.05) is 29.7 Å². The second-order valence-electron chi connectivity index (χ2n) is 6.27. The fourth-order valence-corrected chi connectivity index (χ4v) is 3.46. The number of fused-ring (bicyclic) bond motifs is 1. The molecule has 0 saturated carbocycles. The summed E-state index contributed by atoms with van der Waals surface area (Å²) in [5.41, 5.74) is 2.90. The first-order valence-corrected chi connectivity index (χ1v) is 9.57. The Morgan fingerprint density at radius 2 is 2.25 bits per heavy atom. The summed E-state index contributed by atoms with van der Waals surface area (Å²) in [7, 11) is 1.74. The molecule has 0 aliphatic rings. The lowest BCUT2D eigenvalue weighted by atomic mass is 10.2. The lowest BCUT2D eigenvalue weighted by molar-refractivity contribution is 0.0738. The Balaban J connectivity index is 1.41. The molecule has 142 valence electrons. The molecule has 28 heavy (non-hydrogen) atoms. The number of nitrogens with zero attached hydrogens (tertiary/aromatic N) is 4. The zero-order chi connectivity index (χ0) is 19.5. The number of pyridine rings is 1. The molecule has 1 atom stereocenters. The van der Waals surface area contributed by atoms with E-state index in [4.69, 9.17) is 9.15 Å². The summed E-state index contributed by atoms with van der Waals surface area (Å²) in [6.07, 6.45) is 4.88. The van der Waals surface area contributed by atoms with E-state index in [-0.39, 0.29) is 24.2 Å².